The largest absolute Gasteiger partial charge is 0.488 e. The van der Waals surface area contributed by atoms with Gasteiger partial charge in [0.2, 0.25) is 0 Å². The summed E-state index contributed by atoms with van der Waals surface area (Å²) in [6.07, 6.45) is 4.02. The standard InChI is InChI=1S/C19H19ClFN3O2S/c1-10-16-18(22-9-23-19(16)27-17(10)20)24-14-6-5-11(21)7-15(14)26-13-4-2-3-12(25)8-13/h5-7,9,12-13,25H,2-4,8H2,1H3,(H,22,23,24)/t12-,13-/m1/s1. The zero-order valence-electron chi connectivity index (χ0n) is 14.7. The normalized spacial score (nSPS) is 20.0. The highest BCUT2D eigenvalue weighted by Gasteiger charge is 2.23. The molecule has 8 heteroatoms. The van der Waals surface area contributed by atoms with Gasteiger partial charge in [-0.2, -0.15) is 0 Å². The van der Waals surface area contributed by atoms with E-state index in [1.807, 2.05) is 6.92 Å². The first-order valence-corrected chi connectivity index (χ1v) is 10.0. The van der Waals surface area contributed by atoms with Crippen LogP contribution in [0, 0.1) is 12.7 Å². The fourth-order valence-electron chi connectivity index (χ4n) is 3.37. The molecule has 142 valence electrons. The molecule has 1 fully saturated rings. The average Bonchev–Trinajstić information content (AvgIpc) is 2.92. The average molecular weight is 408 g/mol. The summed E-state index contributed by atoms with van der Waals surface area (Å²) < 4.78 is 20.5. The maximum absolute atomic E-state index is 13.8. The number of ether oxygens (including phenoxy) is 1. The Kier molecular flexibility index (Phi) is 5.16. The minimum absolute atomic E-state index is 0.140. The molecule has 0 aliphatic heterocycles. The topological polar surface area (TPSA) is 67.3 Å². The molecule has 1 aliphatic carbocycles. The smallest absolute Gasteiger partial charge is 0.146 e. The van der Waals surface area contributed by atoms with Crippen molar-refractivity contribution < 1.29 is 14.2 Å². The van der Waals surface area contributed by atoms with Crippen molar-refractivity contribution in [3.05, 3.63) is 40.2 Å². The van der Waals surface area contributed by atoms with Crippen molar-refractivity contribution in [2.24, 2.45) is 0 Å². The summed E-state index contributed by atoms with van der Waals surface area (Å²) in [5.74, 6) is 0.620. The van der Waals surface area contributed by atoms with E-state index in [0.29, 0.717) is 28.0 Å². The molecule has 2 N–H and O–H groups in total. The lowest BCUT2D eigenvalue weighted by Crippen LogP contribution is -2.28. The molecule has 0 spiro atoms. The first kappa shape index (κ1) is 18.4. The molecular formula is C19H19ClFN3O2S. The summed E-state index contributed by atoms with van der Waals surface area (Å²) in [5, 5.41) is 14.0. The first-order valence-electron chi connectivity index (χ1n) is 8.82. The number of aliphatic hydroxyl groups excluding tert-OH is 1. The Morgan fingerprint density at radius 1 is 1.33 bits per heavy atom. The predicted molar refractivity (Wildman–Crippen MR) is 106 cm³/mol. The van der Waals surface area contributed by atoms with Gasteiger partial charge in [0.1, 0.15) is 34.6 Å². The number of hydrogen-bond donors (Lipinski definition) is 2. The van der Waals surface area contributed by atoms with Crippen LogP contribution in [0.1, 0.15) is 31.2 Å². The molecule has 1 aromatic carbocycles. The lowest BCUT2D eigenvalue weighted by atomic mass is 9.95. The third-order valence-corrected chi connectivity index (χ3v) is 6.26. The van der Waals surface area contributed by atoms with E-state index < -0.39 is 0 Å². The van der Waals surface area contributed by atoms with E-state index in [2.05, 4.69) is 15.3 Å². The van der Waals surface area contributed by atoms with Crippen molar-refractivity contribution in [1.29, 1.82) is 0 Å². The van der Waals surface area contributed by atoms with Crippen molar-refractivity contribution in [3.8, 4) is 5.75 Å². The fraction of sp³-hybridized carbons (Fsp3) is 0.368. The summed E-state index contributed by atoms with van der Waals surface area (Å²) in [4.78, 5) is 9.39. The van der Waals surface area contributed by atoms with Crippen molar-refractivity contribution in [1.82, 2.24) is 9.97 Å². The Balaban J connectivity index is 1.66. The molecule has 3 aromatic rings. The Labute approximate surface area is 165 Å². The molecule has 1 aliphatic rings. The van der Waals surface area contributed by atoms with Gasteiger partial charge in [-0.15, -0.1) is 11.3 Å². The van der Waals surface area contributed by atoms with E-state index in [4.69, 9.17) is 16.3 Å². The molecule has 4 rings (SSSR count). The minimum Gasteiger partial charge on any atom is -0.488 e. The Hall–Kier alpha value is -1.96. The van der Waals surface area contributed by atoms with E-state index in [1.165, 1.54) is 29.8 Å². The van der Waals surface area contributed by atoms with Crippen LogP contribution < -0.4 is 10.1 Å². The molecule has 0 unspecified atom stereocenters. The first-order chi connectivity index (χ1) is 13.0. The molecule has 0 bridgehead atoms. The maximum atomic E-state index is 13.8. The van der Waals surface area contributed by atoms with Crippen molar-refractivity contribution in [2.75, 3.05) is 5.32 Å². The summed E-state index contributed by atoms with van der Waals surface area (Å²) in [6.45, 7) is 1.92. The summed E-state index contributed by atoms with van der Waals surface area (Å²) in [6, 6.07) is 4.35. The number of aliphatic hydroxyl groups is 1. The predicted octanol–water partition coefficient (Wildman–Crippen LogP) is 5.22. The van der Waals surface area contributed by atoms with Gasteiger partial charge in [-0.3, -0.25) is 0 Å². The van der Waals surface area contributed by atoms with Crippen LogP contribution in [-0.4, -0.2) is 27.3 Å². The molecule has 0 saturated heterocycles. The number of aromatic nitrogens is 2. The Morgan fingerprint density at radius 2 is 2.19 bits per heavy atom. The number of anilines is 2. The SMILES string of the molecule is Cc1c(Cl)sc2ncnc(Nc3ccc(F)cc3O[C@@H]3CCC[C@@H](O)C3)c12. The summed E-state index contributed by atoms with van der Waals surface area (Å²) >= 11 is 7.64. The number of fused-ring (bicyclic) bond motifs is 1. The van der Waals surface area contributed by atoms with Crippen molar-refractivity contribution in [2.45, 2.75) is 44.8 Å². The van der Waals surface area contributed by atoms with Gasteiger partial charge in [0.15, 0.2) is 0 Å². The summed E-state index contributed by atoms with van der Waals surface area (Å²) in [5.41, 5.74) is 1.51. The van der Waals surface area contributed by atoms with Crippen LogP contribution in [0.3, 0.4) is 0 Å². The molecule has 2 heterocycles. The molecule has 2 atom stereocenters. The quantitative estimate of drug-likeness (QED) is 0.620. The van der Waals surface area contributed by atoms with Gasteiger partial charge in [0.25, 0.3) is 0 Å². The van der Waals surface area contributed by atoms with Crippen LogP contribution >= 0.6 is 22.9 Å². The summed E-state index contributed by atoms with van der Waals surface area (Å²) in [7, 11) is 0. The molecule has 0 radical (unpaired) electrons. The molecule has 27 heavy (non-hydrogen) atoms. The van der Waals surface area contributed by atoms with Gasteiger partial charge in [0, 0.05) is 12.5 Å². The monoisotopic (exact) mass is 407 g/mol. The van der Waals surface area contributed by atoms with Gasteiger partial charge >= 0.3 is 0 Å². The van der Waals surface area contributed by atoms with E-state index in [0.717, 1.165) is 35.0 Å². The third-order valence-electron chi connectivity index (χ3n) is 4.76. The van der Waals surface area contributed by atoms with Crippen LogP contribution in [0.25, 0.3) is 10.2 Å². The van der Waals surface area contributed by atoms with Gasteiger partial charge in [-0.25, -0.2) is 14.4 Å². The number of aryl methyl sites for hydroxylation is 1. The van der Waals surface area contributed by atoms with Gasteiger partial charge in [-0.05, 0) is 43.9 Å². The lowest BCUT2D eigenvalue weighted by molar-refractivity contribution is 0.0539. The number of nitrogens with zero attached hydrogens (tertiary/aromatic N) is 2. The fourth-order valence-corrected chi connectivity index (χ4v) is 4.56. The number of thiophene rings is 1. The highest BCUT2D eigenvalue weighted by Crippen LogP contribution is 2.39. The van der Waals surface area contributed by atoms with Crippen molar-refractivity contribution >= 4 is 44.7 Å². The van der Waals surface area contributed by atoms with Crippen LogP contribution in [-0.2, 0) is 0 Å². The molecule has 2 aromatic heterocycles. The van der Waals surface area contributed by atoms with E-state index in [9.17, 15) is 9.50 Å². The zero-order valence-corrected chi connectivity index (χ0v) is 16.3. The molecular weight excluding hydrogens is 389 g/mol. The van der Waals surface area contributed by atoms with Gasteiger partial charge in [0.05, 0.1) is 21.5 Å². The highest BCUT2D eigenvalue weighted by atomic mass is 35.5. The lowest BCUT2D eigenvalue weighted by Gasteiger charge is -2.27. The van der Waals surface area contributed by atoms with Gasteiger partial charge < -0.3 is 15.2 Å². The third kappa shape index (κ3) is 3.85. The second kappa shape index (κ2) is 7.58. The number of nitrogens with one attached hydrogen (secondary N) is 1. The van der Waals surface area contributed by atoms with E-state index >= 15 is 0 Å². The van der Waals surface area contributed by atoms with E-state index in [1.54, 1.807) is 6.07 Å². The number of halogens is 2. The Morgan fingerprint density at radius 3 is 3.00 bits per heavy atom. The van der Waals surface area contributed by atoms with Crippen LogP contribution in [0.4, 0.5) is 15.9 Å². The van der Waals surface area contributed by atoms with Gasteiger partial charge in [-0.1, -0.05) is 11.6 Å². The number of benzene rings is 1. The molecule has 0 amide bonds. The van der Waals surface area contributed by atoms with Crippen LogP contribution in [0.2, 0.25) is 4.34 Å². The number of rotatable bonds is 4. The minimum atomic E-state index is -0.380. The highest BCUT2D eigenvalue weighted by molar-refractivity contribution is 7.22. The molecule has 1 saturated carbocycles. The van der Waals surface area contributed by atoms with Crippen LogP contribution in [0.15, 0.2) is 24.5 Å². The van der Waals surface area contributed by atoms with Crippen LogP contribution in [0.5, 0.6) is 5.75 Å². The Bertz CT molecular complexity index is 981. The second-order valence-electron chi connectivity index (χ2n) is 6.73. The number of hydrogen-bond acceptors (Lipinski definition) is 6. The zero-order chi connectivity index (χ0) is 19.0. The second-order valence-corrected chi connectivity index (χ2v) is 8.33. The van der Waals surface area contributed by atoms with E-state index in [-0.39, 0.29) is 18.0 Å². The maximum Gasteiger partial charge on any atom is 0.146 e. The molecule has 5 nitrogen and oxygen atoms in total. The van der Waals surface area contributed by atoms with Crippen molar-refractivity contribution in [3.63, 3.8) is 0 Å².